The fraction of sp³-hybridized carbons (Fsp3) is 0.200. The molecule has 1 heterocycles. The summed E-state index contributed by atoms with van der Waals surface area (Å²) in [5, 5.41) is 1.04. The third kappa shape index (κ3) is 1.68. The van der Waals surface area contributed by atoms with E-state index < -0.39 is 0 Å². The number of hydrogen-bond acceptors (Lipinski definition) is 2. The molecule has 0 aliphatic carbocycles. The molecule has 0 fully saturated rings. The molecule has 0 radical (unpaired) electrons. The number of aryl methyl sites for hydroxylation is 2. The van der Waals surface area contributed by atoms with Crippen LogP contribution in [0.15, 0.2) is 21.2 Å². The molecule has 1 aromatic heterocycles. The molecule has 0 aliphatic rings. The van der Waals surface area contributed by atoms with Crippen molar-refractivity contribution in [1.29, 1.82) is 0 Å². The molecular weight excluding hydrogens is 308 g/mol. The van der Waals surface area contributed by atoms with Gasteiger partial charge in [0.25, 0.3) is 0 Å². The molecule has 72 valence electrons. The van der Waals surface area contributed by atoms with E-state index >= 15 is 0 Å². The highest BCUT2D eigenvalue weighted by Crippen LogP contribution is 2.28. The van der Waals surface area contributed by atoms with Gasteiger partial charge >= 0.3 is 0 Å². The number of nitrogens with zero attached hydrogens (tertiary/aromatic N) is 2. The van der Waals surface area contributed by atoms with Gasteiger partial charge in [-0.2, -0.15) is 0 Å². The average molecular weight is 316 g/mol. The Labute approximate surface area is 99.0 Å². The van der Waals surface area contributed by atoms with Crippen molar-refractivity contribution in [1.82, 2.24) is 9.97 Å². The van der Waals surface area contributed by atoms with Crippen molar-refractivity contribution in [2.24, 2.45) is 0 Å². The second-order valence-electron chi connectivity index (χ2n) is 3.20. The highest BCUT2D eigenvalue weighted by Gasteiger charge is 2.06. The summed E-state index contributed by atoms with van der Waals surface area (Å²) < 4.78 is 1.86. The summed E-state index contributed by atoms with van der Waals surface area (Å²) in [4.78, 5) is 8.66. The van der Waals surface area contributed by atoms with Gasteiger partial charge < -0.3 is 0 Å². The first-order valence-electron chi connectivity index (χ1n) is 4.18. The van der Waals surface area contributed by atoms with Crippen molar-refractivity contribution in [3.8, 4) is 0 Å². The van der Waals surface area contributed by atoms with E-state index in [0.717, 1.165) is 25.8 Å². The summed E-state index contributed by atoms with van der Waals surface area (Å²) in [5.41, 5.74) is 2.15. The lowest BCUT2D eigenvalue weighted by Gasteiger charge is -2.04. The van der Waals surface area contributed by atoms with Crippen LogP contribution in [0, 0.1) is 13.8 Å². The molecule has 0 atom stereocenters. The topological polar surface area (TPSA) is 25.8 Å². The van der Waals surface area contributed by atoms with E-state index in [2.05, 4.69) is 60.9 Å². The highest BCUT2D eigenvalue weighted by atomic mass is 79.9. The fourth-order valence-electron chi connectivity index (χ4n) is 1.39. The Bertz CT molecular complexity index is 462. The maximum Gasteiger partial charge on any atom is 0.127 e. The maximum absolute atomic E-state index is 4.39. The van der Waals surface area contributed by atoms with Crippen molar-refractivity contribution in [2.45, 2.75) is 13.8 Å². The van der Waals surface area contributed by atoms with Gasteiger partial charge in [-0.3, -0.25) is 0 Å². The zero-order valence-corrected chi connectivity index (χ0v) is 11.0. The Kier molecular flexibility index (Phi) is 2.58. The molecule has 0 bridgehead atoms. The summed E-state index contributed by atoms with van der Waals surface area (Å²) in [6, 6.07) is 4.13. The van der Waals surface area contributed by atoms with E-state index in [1.807, 2.05) is 6.92 Å². The molecule has 1 aromatic carbocycles. The van der Waals surface area contributed by atoms with Crippen LogP contribution in [0.4, 0.5) is 0 Å². The van der Waals surface area contributed by atoms with Gasteiger partial charge in [-0.05, 0) is 63.4 Å². The molecule has 0 N–H and O–H groups in total. The molecule has 0 spiro atoms. The molecule has 0 saturated carbocycles. The van der Waals surface area contributed by atoms with Gasteiger partial charge in [-0.25, -0.2) is 9.97 Å². The van der Waals surface area contributed by atoms with Gasteiger partial charge in [0.05, 0.1) is 5.52 Å². The maximum atomic E-state index is 4.39. The Balaban J connectivity index is 2.94. The van der Waals surface area contributed by atoms with Crippen molar-refractivity contribution in [2.75, 3.05) is 0 Å². The lowest BCUT2D eigenvalue weighted by Crippen LogP contribution is -1.92. The third-order valence-corrected chi connectivity index (χ3v) is 3.17. The van der Waals surface area contributed by atoms with Gasteiger partial charge in [0.15, 0.2) is 0 Å². The molecule has 2 nitrogen and oxygen atoms in total. The van der Waals surface area contributed by atoms with Gasteiger partial charge in [-0.1, -0.05) is 0 Å². The largest absolute Gasteiger partial charge is 0.232 e. The molecule has 0 amide bonds. The number of fused-ring (bicyclic) bond motifs is 1. The standard InChI is InChI=1S/C10H8Br2N2/c1-5-3-7-9(8(11)4-5)13-6(2)14-10(7)12/h3-4H,1-2H3. The first-order valence-corrected chi connectivity index (χ1v) is 5.76. The molecule has 14 heavy (non-hydrogen) atoms. The molecule has 2 aromatic rings. The minimum Gasteiger partial charge on any atom is -0.232 e. The van der Waals surface area contributed by atoms with Gasteiger partial charge in [-0.15, -0.1) is 0 Å². The summed E-state index contributed by atoms with van der Waals surface area (Å²) >= 11 is 6.95. The molecule has 2 rings (SSSR count). The number of rotatable bonds is 0. The number of benzene rings is 1. The van der Waals surface area contributed by atoms with Crippen LogP contribution >= 0.6 is 31.9 Å². The Morgan fingerprint density at radius 1 is 1.07 bits per heavy atom. The molecule has 0 aliphatic heterocycles. The molecule has 0 unspecified atom stereocenters. The Morgan fingerprint density at radius 2 is 1.79 bits per heavy atom. The van der Waals surface area contributed by atoms with Crippen LogP contribution in [-0.2, 0) is 0 Å². The molecular formula is C10H8Br2N2. The summed E-state index contributed by atoms with van der Waals surface area (Å²) in [5.74, 6) is 0.772. The predicted molar refractivity (Wildman–Crippen MR) is 64.4 cm³/mol. The number of aromatic nitrogens is 2. The minimum atomic E-state index is 0.772. The quantitative estimate of drug-likeness (QED) is 0.692. The van der Waals surface area contributed by atoms with Gasteiger partial charge in [0.1, 0.15) is 10.4 Å². The average Bonchev–Trinajstić information content (AvgIpc) is 2.07. The summed E-state index contributed by atoms with van der Waals surface area (Å²) in [6.45, 7) is 3.94. The smallest absolute Gasteiger partial charge is 0.127 e. The van der Waals surface area contributed by atoms with Crippen molar-refractivity contribution in [3.05, 3.63) is 32.6 Å². The van der Waals surface area contributed by atoms with E-state index in [-0.39, 0.29) is 0 Å². The summed E-state index contributed by atoms with van der Waals surface area (Å²) in [7, 11) is 0. The van der Waals surface area contributed by atoms with Crippen molar-refractivity contribution >= 4 is 42.8 Å². The second kappa shape index (κ2) is 3.59. The van der Waals surface area contributed by atoms with E-state index in [4.69, 9.17) is 0 Å². The minimum absolute atomic E-state index is 0.772. The van der Waals surface area contributed by atoms with Crippen LogP contribution in [0.3, 0.4) is 0 Å². The first kappa shape index (κ1) is 10.1. The van der Waals surface area contributed by atoms with Crippen LogP contribution in [0.5, 0.6) is 0 Å². The molecule has 0 saturated heterocycles. The normalized spacial score (nSPS) is 10.9. The number of halogens is 2. The van der Waals surface area contributed by atoms with Crippen LogP contribution in [0.25, 0.3) is 10.9 Å². The zero-order valence-electron chi connectivity index (χ0n) is 7.81. The van der Waals surface area contributed by atoms with E-state index in [9.17, 15) is 0 Å². The van der Waals surface area contributed by atoms with E-state index in [1.165, 1.54) is 5.56 Å². The van der Waals surface area contributed by atoms with Gasteiger partial charge in [0.2, 0.25) is 0 Å². The first-order chi connectivity index (χ1) is 6.58. The van der Waals surface area contributed by atoms with Gasteiger partial charge in [0, 0.05) is 9.86 Å². The summed E-state index contributed by atoms with van der Waals surface area (Å²) in [6.07, 6.45) is 0. The SMILES string of the molecule is Cc1cc(Br)c2nc(C)nc(Br)c2c1. The molecule has 4 heteroatoms. The van der Waals surface area contributed by atoms with Crippen LogP contribution in [0.1, 0.15) is 11.4 Å². The zero-order chi connectivity index (χ0) is 10.3. The van der Waals surface area contributed by atoms with Crippen molar-refractivity contribution in [3.63, 3.8) is 0 Å². The van der Waals surface area contributed by atoms with Crippen LogP contribution in [-0.4, -0.2) is 9.97 Å². The lowest BCUT2D eigenvalue weighted by molar-refractivity contribution is 1.07. The third-order valence-electron chi connectivity index (χ3n) is 1.96. The van der Waals surface area contributed by atoms with Crippen LogP contribution < -0.4 is 0 Å². The van der Waals surface area contributed by atoms with E-state index in [0.29, 0.717) is 0 Å². The Hall–Kier alpha value is -0.480. The fourth-order valence-corrected chi connectivity index (χ4v) is 2.62. The second-order valence-corrected chi connectivity index (χ2v) is 4.81. The van der Waals surface area contributed by atoms with Crippen LogP contribution in [0.2, 0.25) is 0 Å². The lowest BCUT2D eigenvalue weighted by atomic mass is 10.2. The predicted octanol–water partition coefficient (Wildman–Crippen LogP) is 3.77. The monoisotopic (exact) mass is 314 g/mol. The van der Waals surface area contributed by atoms with Crippen molar-refractivity contribution < 1.29 is 0 Å². The Morgan fingerprint density at radius 3 is 2.50 bits per heavy atom. The van der Waals surface area contributed by atoms with E-state index in [1.54, 1.807) is 0 Å². The highest BCUT2D eigenvalue weighted by molar-refractivity contribution is 9.11. The number of hydrogen-bond donors (Lipinski definition) is 0.